The zero-order valence-corrected chi connectivity index (χ0v) is 24.0. The monoisotopic (exact) mass is 520 g/mol. The van der Waals surface area contributed by atoms with E-state index in [0.717, 1.165) is 6.42 Å². The highest BCUT2D eigenvalue weighted by Gasteiger charge is 2.50. The van der Waals surface area contributed by atoms with Crippen molar-refractivity contribution in [2.75, 3.05) is 34.1 Å². The number of hydrogen-bond acceptors (Lipinski definition) is 6. The van der Waals surface area contributed by atoms with Crippen LogP contribution < -0.4 is 10.4 Å². The molecule has 194 valence electrons. The van der Waals surface area contributed by atoms with Gasteiger partial charge in [0.25, 0.3) is 8.32 Å². The van der Waals surface area contributed by atoms with Crippen LogP contribution in [-0.4, -0.2) is 54.3 Å². The van der Waals surface area contributed by atoms with Crippen LogP contribution in [0.2, 0.25) is 5.04 Å². The van der Waals surface area contributed by atoms with Gasteiger partial charge in [0, 0.05) is 33.9 Å². The van der Waals surface area contributed by atoms with Crippen molar-refractivity contribution in [3.8, 4) is 0 Å². The summed E-state index contributed by atoms with van der Waals surface area (Å²) in [6, 6.07) is 21.0. The molecule has 35 heavy (non-hydrogen) atoms. The van der Waals surface area contributed by atoms with Gasteiger partial charge in [-0.25, -0.2) is 0 Å². The largest absolute Gasteiger partial charge is 0.407 e. The minimum absolute atomic E-state index is 0.0961. The highest BCUT2D eigenvalue weighted by Crippen LogP contribution is 2.46. The van der Waals surface area contributed by atoms with Gasteiger partial charge in [0.1, 0.15) is 11.9 Å². The van der Waals surface area contributed by atoms with Crippen molar-refractivity contribution in [2.24, 2.45) is 5.92 Å². The fourth-order valence-corrected chi connectivity index (χ4v) is 10.3. The van der Waals surface area contributed by atoms with E-state index in [9.17, 15) is 9.36 Å². The average molecular weight is 521 g/mol. The summed E-state index contributed by atoms with van der Waals surface area (Å²) in [6.45, 7) is 9.10. The Morgan fingerprint density at radius 2 is 1.40 bits per heavy atom. The molecule has 0 unspecified atom stereocenters. The van der Waals surface area contributed by atoms with Crippen LogP contribution in [0.4, 0.5) is 0 Å². The number of ether oxygens (including phenoxy) is 1. The summed E-state index contributed by atoms with van der Waals surface area (Å²) < 4.78 is 34.8. The molecule has 0 amide bonds. The summed E-state index contributed by atoms with van der Waals surface area (Å²) in [5.41, 5.74) is 0. The second-order valence-electron chi connectivity index (χ2n) is 9.82. The molecular weight excluding hydrogens is 479 g/mol. The van der Waals surface area contributed by atoms with Crippen molar-refractivity contribution < 1.29 is 27.6 Å². The second-order valence-corrected chi connectivity index (χ2v) is 16.4. The molecule has 0 radical (unpaired) electrons. The van der Waals surface area contributed by atoms with E-state index in [1.807, 2.05) is 12.1 Å². The van der Waals surface area contributed by atoms with Crippen LogP contribution in [0.5, 0.6) is 0 Å². The lowest BCUT2D eigenvalue weighted by Gasteiger charge is -2.43. The molecule has 0 aliphatic carbocycles. The first-order valence-corrected chi connectivity index (χ1v) is 15.7. The third kappa shape index (κ3) is 7.22. The van der Waals surface area contributed by atoms with E-state index in [1.165, 1.54) is 24.6 Å². The van der Waals surface area contributed by atoms with Gasteiger partial charge in [-0.2, -0.15) is 0 Å². The Bertz CT molecular complexity index is 913. The number of rotatable bonds is 14. The first-order valence-electron chi connectivity index (χ1n) is 12.1. The second kappa shape index (κ2) is 13.1. The Labute approximate surface area is 212 Å². The maximum atomic E-state index is 12.7. The van der Waals surface area contributed by atoms with E-state index in [-0.39, 0.29) is 23.1 Å². The number of carbonyl (C=O) groups excluding carboxylic acids is 1. The molecule has 0 spiro atoms. The molecule has 0 saturated heterocycles. The molecule has 0 fully saturated rings. The summed E-state index contributed by atoms with van der Waals surface area (Å²) in [5.74, 6) is -0.636. The maximum absolute atomic E-state index is 12.7. The molecule has 8 heteroatoms. The Hall–Kier alpha value is -1.60. The van der Waals surface area contributed by atoms with Gasteiger partial charge < -0.3 is 18.2 Å². The van der Waals surface area contributed by atoms with E-state index in [0.29, 0.717) is 13.0 Å². The predicted octanol–water partition coefficient (Wildman–Crippen LogP) is 5.05. The Kier molecular flexibility index (Phi) is 11.1. The third-order valence-electron chi connectivity index (χ3n) is 6.64. The molecule has 6 nitrogen and oxygen atoms in total. The molecule has 0 aliphatic heterocycles. The number of methoxy groups -OCH3 is 1. The minimum atomic E-state index is -3.41. The van der Waals surface area contributed by atoms with Crippen LogP contribution in [0, 0.1) is 5.92 Å². The summed E-state index contributed by atoms with van der Waals surface area (Å²) in [5, 5.41) is 2.38. The van der Waals surface area contributed by atoms with Crippen molar-refractivity contribution in [1.29, 1.82) is 0 Å². The van der Waals surface area contributed by atoms with Crippen molar-refractivity contribution in [3.63, 3.8) is 0 Å². The normalized spacial score (nSPS) is 14.5. The molecule has 0 bridgehead atoms. The van der Waals surface area contributed by atoms with E-state index in [4.69, 9.17) is 18.2 Å². The Morgan fingerprint density at radius 3 is 1.80 bits per heavy atom. The molecule has 2 atom stereocenters. The predicted molar refractivity (Wildman–Crippen MR) is 144 cm³/mol. The SMILES string of the molecule is CO[C@H](CCCO[Si](c1ccccc1)(c1ccccc1)C(C)(C)C)[C@@H](C)C(=O)CP(=O)(OC)OC. The van der Waals surface area contributed by atoms with Crippen molar-refractivity contribution >= 4 is 32.1 Å². The van der Waals surface area contributed by atoms with Crippen LogP contribution in [-0.2, 0) is 27.6 Å². The number of ketones is 1. The van der Waals surface area contributed by atoms with E-state index >= 15 is 0 Å². The number of Topliss-reactive ketones (excluding diaryl/α,β-unsaturated/α-hetero) is 1. The first kappa shape index (κ1) is 29.6. The van der Waals surface area contributed by atoms with Crippen LogP contribution in [0.15, 0.2) is 60.7 Å². The highest BCUT2D eigenvalue weighted by molar-refractivity contribution is 7.54. The maximum Gasteiger partial charge on any atom is 0.337 e. The van der Waals surface area contributed by atoms with Crippen molar-refractivity contribution in [1.82, 2.24) is 0 Å². The van der Waals surface area contributed by atoms with Gasteiger partial charge in [0.15, 0.2) is 0 Å². The lowest BCUT2D eigenvalue weighted by atomic mass is 9.97. The summed E-state index contributed by atoms with van der Waals surface area (Å²) >= 11 is 0. The minimum Gasteiger partial charge on any atom is -0.407 e. The summed E-state index contributed by atoms with van der Waals surface area (Å²) in [4.78, 5) is 12.7. The fourth-order valence-electron chi connectivity index (χ4n) is 4.59. The van der Waals surface area contributed by atoms with Gasteiger partial charge in [-0.05, 0) is 28.3 Å². The lowest BCUT2D eigenvalue weighted by molar-refractivity contribution is -0.124. The van der Waals surface area contributed by atoms with Gasteiger partial charge in [-0.3, -0.25) is 9.36 Å². The van der Waals surface area contributed by atoms with Crippen LogP contribution in [0.1, 0.15) is 40.5 Å². The van der Waals surface area contributed by atoms with E-state index < -0.39 is 21.8 Å². The van der Waals surface area contributed by atoms with Crippen LogP contribution in [0.3, 0.4) is 0 Å². The van der Waals surface area contributed by atoms with Crippen molar-refractivity contribution in [2.45, 2.75) is 51.7 Å². The van der Waals surface area contributed by atoms with Gasteiger partial charge in [0.2, 0.25) is 0 Å². The molecule has 0 aliphatic rings. The standard InChI is InChI=1S/C27H41O6PSi/c1-22(25(28)21-34(29,31-6)32-7)26(30-5)19-14-20-33-35(27(2,3)4,23-15-10-8-11-16-23)24-17-12-9-13-18-24/h8-13,15-18,22,26H,14,19-21H2,1-7H3/t22-,26+/m0/s1. The number of hydrogen-bond donors (Lipinski definition) is 0. The van der Waals surface area contributed by atoms with Gasteiger partial charge >= 0.3 is 7.60 Å². The Balaban J connectivity index is 2.18. The molecular formula is C27H41O6PSi. The third-order valence-corrected chi connectivity index (χ3v) is 13.5. The summed E-state index contributed by atoms with van der Waals surface area (Å²) in [7, 11) is -1.83. The Morgan fingerprint density at radius 1 is 0.914 bits per heavy atom. The van der Waals surface area contributed by atoms with E-state index in [2.05, 4.69) is 69.3 Å². The molecule has 0 heterocycles. The summed E-state index contributed by atoms with van der Waals surface area (Å²) in [6.07, 6.45) is 0.797. The van der Waals surface area contributed by atoms with Crippen molar-refractivity contribution in [3.05, 3.63) is 60.7 Å². The first-order chi connectivity index (χ1) is 16.5. The fraction of sp³-hybridized carbons (Fsp3) is 0.519. The lowest BCUT2D eigenvalue weighted by Crippen LogP contribution is -2.66. The van der Waals surface area contributed by atoms with Gasteiger partial charge in [-0.1, -0.05) is 88.4 Å². The van der Waals surface area contributed by atoms with E-state index in [1.54, 1.807) is 14.0 Å². The zero-order valence-electron chi connectivity index (χ0n) is 22.2. The van der Waals surface area contributed by atoms with Crippen LogP contribution >= 0.6 is 7.60 Å². The molecule has 0 aromatic heterocycles. The number of carbonyl (C=O) groups is 1. The van der Waals surface area contributed by atoms with Gasteiger partial charge in [0.05, 0.1) is 6.10 Å². The average Bonchev–Trinajstić information content (AvgIpc) is 2.86. The molecule has 2 aromatic rings. The highest BCUT2D eigenvalue weighted by atomic mass is 31.2. The smallest absolute Gasteiger partial charge is 0.337 e. The molecule has 0 N–H and O–H groups in total. The number of benzene rings is 2. The molecule has 0 saturated carbocycles. The quantitative estimate of drug-likeness (QED) is 0.197. The topological polar surface area (TPSA) is 71.1 Å². The van der Waals surface area contributed by atoms with Gasteiger partial charge in [-0.15, -0.1) is 0 Å². The molecule has 2 aromatic carbocycles. The van der Waals surface area contributed by atoms with Crippen LogP contribution in [0.25, 0.3) is 0 Å². The molecule has 2 rings (SSSR count). The zero-order chi connectivity index (χ0) is 26.1.